The van der Waals surface area contributed by atoms with Gasteiger partial charge < -0.3 is 10.4 Å². The number of para-hydroxylation sites is 1. The summed E-state index contributed by atoms with van der Waals surface area (Å²) in [5.74, 6) is -1.25. The standard InChI is InChI=1S/C31H26N4O7S2.Na/c1-19-7-3-6-10-27(19)32-31(37)26-17-21-8-4-5-9-25(21)29(30(26)36)34-33-28-18-24(14-11-20(28)2)43(38,39)35-22-12-15-23(16-13-22)44(40,41)42;/h3-18,35-36H,1-2H3,(H,32,37)(H,40,41,42);/q;+1/p-1. The number of aryl methyl sites for hydroxylation is 2. The smallest absolute Gasteiger partial charge is 0.870 e. The van der Waals surface area contributed by atoms with E-state index >= 15 is 0 Å². The van der Waals surface area contributed by atoms with Crippen molar-refractivity contribution in [1.29, 1.82) is 0 Å². The maximum atomic E-state index is 13.5. The van der Waals surface area contributed by atoms with Crippen LogP contribution in [-0.4, -0.2) is 27.3 Å². The average molecular weight is 653 g/mol. The molecule has 3 N–H and O–H groups in total. The fourth-order valence-corrected chi connectivity index (χ4v) is 5.92. The molecule has 0 radical (unpaired) electrons. The molecule has 0 saturated carbocycles. The minimum absolute atomic E-state index is 0. The van der Waals surface area contributed by atoms with Gasteiger partial charge in [-0.3, -0.25) is 14.1 Å². The quantitative estimate of drug-likeness (QED) is 0.131. The van der Waals surface area contributed by atoms with Gasteiger partial charge in [0.05, 0.1) is 21.2 Å². The second-order valence-corrected chi connectivity index (χ2v) is 12.9. The molecule has 45 heavy (non-hydrogen) atoms. The van der Waals surface area contributed by atoms with E-state index in [1.807, 2.05) is 19.1 Å². The topological polar surface area (TPSA) is 177 Å². The maximum Gasteiger partial charge on any atom is 1.00 e. The van der Waals surface area contributed by atoms with E-state index in [0.717, 1.165) is 17.7 Å². The summed E-state index contributed by atoms with van der Waals surface area (Å²) in [7, 11) is -8.60. The molecule has 0 aliphatic carbocycles. The Morgan fingerprint density at radius 3 is 2.11 bits per heavy atom. The van der Waals surface area contributed by atoms with Crippen LogP contribution in [0.5, 0.6) is 5.75 Å². The number of anilines is 2. The molecule has 0 bridgehead atoms. The molecule has 5 aromatic rings. The Morgan fingerprint density at radius 1 is 0.778 bits per heavy atom. The molecule has 0 fully saturated rings. The van der Waals surface area contributed by atoms with Crippen LogP contribution in [-0.2, 0) is 20.1 Å². The maximum absolute atomic E-state index is 13.5. The molecule has 14 heteroatoms. The molecule has 0 unspecified atom stereocenters. The first-order chi connectivity index (χ1) is 20.8. The van der Waals surface area contributed by atoms with Crippen molar-refractivity contribution in [2.75, 3.05) is 10.0 Å². The summed E-state index contributed by atoms with van der Waals surface area (Å²) in [5, 5.41) is 25.8. The van der Waals surface area contributed by atoms with E-state index in [1.54, 1.807) is 43.3 Å². The van der Waals surface area contributed by atoms with Gasteiger partial charge in [-0.05, 0) is 78.9 Å². The number of benzene rings is 5. The number of carbonyl (C=O) groups excluding carboxylic acids is 1. The number of hydrogen-bond acceptors (Lipinski definition) is 8. The molecule has 0 spiro atoms. The zero-order valence-electron chi connectivity index (χ0n) is 24.3. The number of nitrogens with one attached hydrogen (secondary N) is 2. The van der Waals surface area contributed by atoms with Crippen molar-refractivity contribution in [1.82, 2.24) is 0 Å². The Hall–Kier alpha value is -4.11. The first kappa shape index (κ1) is 33.8. The van der Waals surface area contributed by atoms with Crippen LogP contribution in [0, 0.1) is 13.8 Å². The molecule has 0 saturated heterocycles. The number of amides is 1. The fourth-order valence-electron chi connectivity index (χ4n) is 4.36. The molecule has 0 aromatic heterocycles. The van der Waals surface area contributed by atoms with Crippen LogP contribution < -0.4 is 44.7 Å². The first-order valence-electron chi connectivity index (χ1n) is 13.1. The Bertz CT molecular complexity index is 2170. The molecule has 1 amide bonds. The van der Waals surface area contributed by atoms with Crippen molar-refractivity contribution in [2.45, 2.75) is 23.6 Å². The third-order valence-corrected chi connectivity index (χ3v) is 9.01. The van der Waals surface area contributed by atoms with Gasteiger partial charge in [-0.15, -0.1) is 0 Å². The van der Waals surface area contributed by atoms with Gasteiger partial charge in [-0.25, -0.2) is 8.42 Å². The normalized spacial score (nSPS) is 11.7. The molecule has 224 valence electrons. The van der Waals surface area contributed by atoms with Gasteiger partial charge >= 0.3 is 29.6 Å². The first-order valence-corrected chi connectivity index (χ1v) is 16.0. The van der Waals surface area contributed by atoms with E-state index in [1.165, 1.54) is 36.4 Å². The number of hydrogen-bond donors (Lipinski definition) is 3. The van der Waals surface area contributed by atoms with E-state index in [0.29, 0.717) is 22.0 Å². The third kappa shape index (κ3) is 7.59. The van der Waals surface area contributed by atoms with Gasteiger partial charge in [0.2, 0.25) is 0 Å². The molecule has 5 aromatic carbocycles. The molecular formula is C31H25N4NaO7S2. The average Bonchev–Trinajstić information content (AvgIpc) is 2.98. The van der Waals surface area contributed by atoms with Crippen molar-refractivity contribution >= 4 is 59.6 Å². The van der Waals surface area contributed by atoms with E-state index in [2.05, 4.69) is 20.3 Å². The van der Waals surface area contributed by atoms with E-state index in [-0.39, 0.29) is 62.0 Å². The zero-order chi connectivity index (χ0) is 31.6. The SMILES string of the molecule is Cc1ccc(S(=O)(=O)Nc2ccc(S(=O)(=O)O)cc2)cc1N=Nc1c([O-])c(C(=O)Nc2ccccc2C)cc2ccccc12.[Na+]. The third-order valence-electron chi connectivity index (χ3n) is 6.77. The van der Waals surface area contributed by atoms with Gasteiger partial charge in [0.25, 0.3) is 26.0 Å². The molecule has 0 atom stereocenters. The molecular weight excluding hydrogens is 627 g/mol. The van der Waals surface area contributed by atoms with Gasteiger partial charge in [0.1, 0.15) is 0 Å². The molecule has 0 aliphatic rings. The van der Waals surface area contributed by atoms with Crippen LogP contribution in [0.2, 0.25) is 0 Å². The summed E-state index contributed by atoms with van der Waals surface area (Å²) >= 11 is 0. The zero-order valence-corrected chi connectivity index (χ0v) is 28.0. The summed E-state index contributed by atoms with van der Waals surface area (Å²) in [5.41, 5.74) is 1.96. The Kier molecular flexibility index (Phi) is 10.1. The van der Waals surface area contributed by atoms with Crippen molar-refractivity contribution in [3.05, 3.63) is 114 Å². The predicted molar refractivity (Wildman–Crippen MR) is 165 cm³/mol. The number of fused-ring (bicyclic) bond motifs is 1. The number of azo groups is 1. The fraction of sp³-hybridized carbons (Fsp3) is 0.0645. The van der Waals surface area contributed by atoms with Crippen LogP contribution in [0.4, 0.5) is 22.7 Å². The number of nitrogens with zero attached hydrogens (tertiary/aromatic N) is 2. The van der Waals surface area contributed by atoms with Crippen molar-refractivity contribution in [3.8, 4) is 5.75 Å². The Balaban J connectivity index is 0.00000461. The van der Waals surface area contributed by atoms with Gasteiger partial charge in [0.15, 0.2) is 0 Å². The van der Waals surface area contributed by atoms with Crippen LogP contribution in [0.25, 0.3) is 10.8 Å². The van der Waals surface area contributed by atoms with Crippen molar-refractivity contribution in [2.24, 2.45) is 10.2 Å². The summed E-state index contributed by atoms with van der Waals surface area (Å²) < 4.78 is 60.2. The number of rotatable bonds is 8. The summed E-state index contributed by atoms with van der Waals surface area (Å²) in [4.78, 5) is 12.6. The summed E-state index contributed by atoms with van der Waals surface area (Å²) in [6, 6.07) is 24.2. The monoisotopic (exact) mass is 652 g/mol. The second-order valence-electron chi connectivity index (χ2n) is 9.85. The largest absolute Gasteiger partial charge is 1.00 e. The summed E-state index contributed by atoms with van der Waals surface area (Å²) in [6.45, 7) is 3.52. The van der Waals surface area contributed by atoms with Crippen LogP contribution in [0.1, 0.15) is 21.5 Å². The molecule has 0 heterocycles. The molecule has 11 nitrogen and oxygen atoms in total. The van der Waals surface area contributed by atoms with Crippen LogP contribution >= 0.6 is 0 Å². The van der Waals surface area contributed by atoms with E-state index in [4.69, 9.17) is 4.55 Å². The van der Waals surface area contributed by atoms with E-state index < -0.39 is 31.8 Å². The Morgan fingerprint density at radius 2 is 1.42 bits per heavy atom. The van der Waals surface area contributed by atoms with Gasteiger partial charge in [-0.2, -0.15) is 18.6 Å². The van der Waals surface area contributed by atoms with Crippen molar-refractivity contribution < 1.29 is 60.8 Å². The number of carbonyl (C=O) groups is 1. The predicted octanol–water partition coefficient (Wildman–Crippen LogP) is 3.25. The molecule has 0 aliphatic heterocycles. The van der Waals surface area contributed by atoms with Gasteiger partial charge in [0, 0.05) is 22.3 Å². The second kappa shape index (κ2) is 13.5. The van der Waals surface area contributed by atoms with Crippen molar-refractivity contribution in [3.63, 3.8) is 0 Å². The van der Waals surface area contributed by atoms with Crippen LogP contribution in [0.3, 0.4) is 0 Å². The Labute approximate surface area is 282 Å². The van der Waals surface area contributed by atoms with E-state index in [9.17, 15) is 26.7 Å². The van der Waals surface area contributed by atoms with Crippen LogP contribution in [0.15, 0.2) is 117 Å². The number of sulfonamides is 1. The summed E-state index contributed by atoms with van der Waals surface area (Å²) in [6.07, 6.45) is 0. The minimum atomic E-state index is -4.44. The van der Waals surface area contributed by atoms with Gasteiger partial charge in [-0.1, -0.05) is 54.3 Å². The molecule has 5 rings (SSSR count). The minimum Gasteiger partial charge on any atom is -0.870 e.